The highest BCUT2D eigenvalue weighted by atomic mass is 16.5. The summed E-state index contributed by atoms with van der Waals surface area (Å²) in [5, 5.41) is 2.69. The van der Waals surface area contributed by atoms with Crippen molar-refractivity contribution in [3.8, 4) is 11.3 Å². The number of amides is 1. The Kier molecular flexibility index (Phi) is 6.77. The quantitative estimate of drug-likeness (QED) is 0.425. The van der Waals surface area contributed by atoms with E-state index in [1.165, 1.54) is 13.0 Å². The Morgan fingerprint density at radius 2 is 1.52 bits per heavy atom. The number of ether oxygens (including phenoxy) is 1. The first kappa shape index (κ1) is 21.7. The van der Waals surface area contributed by atoms with Crippen molar-refractivity contribution in [3.05, 3.63) is 77.6 Å². The Balaban J connectivity index is 1.57. The molecule has 0 aliphatic rings. The van der Waals surface area contributed by atoms with Crippen LogP contribution in [0.15, 0.2) is 65.1 Å². The van der Waals surface area contributed by atoms with E-state index in [0.717, 1.165) is 0 Å². The largest absolute Gasteiger partial charge is 0.451 e. The van der Waals surface area contributed by atoms with Crippen LogP contribution in [0.2, 0.25) is 0 Å². The Hall–Kier alpha value is -4.00. The molecular weight excluding hydrogens is 398 g/mol. The first-order valence-corrected chi connectivity index (χ1v) is 9.69. The summed E-state index contributed by atoms with van der Waals surface area (Å²) in [7, 11) is 0. The summed E-state index contributed by atoms with van der Waals surface area (Å²) < 4.78 is 10.6. The monoisotopic (exact) mass is 419 g/mol. The van der Waals surface area contributed by atoms with Gasteiger partial charge in [-0.2, -0.15) is 0 Å². The molecule has 0 saturated heterocycles. The molecule has 7 heteroatoms. The molecule has 0 spiro atoms. The van der Waals surface area contributed by atoms with Crippen LogP contribution < -0.4 is 5.32 Å². The topological polar surface area (TPSA) is 103 Å². The van der Waals surface area contributed by atoms with Crippen molar-refractivity contribution in [2.24, 2.45) is 0 Å². The number of hydrogen-bond donors (Lipinski definition) is 1. The Morgan fingerprint density at radius 1 is 0.871 bits per heavy atom. The molecular formula is C24H21NO6. The van der Waals surface area contributed by atoms with Gasteiger partial charge in [0.05, 0.1) is 0 Å². The highest BCUT2D eigenvalue weighted by molar-refractivity contribution is 5.99. The number of anilines is 1. The van der Waals surface area contributed by atoms with E-state index in [1.54, 1.807) is 61.5 Å². The predicted octanol–water partition coefficient (Wildman–Crippen LogP) is 4.54. The number of esters is 1. The molecule has 0 fully saturated rings. The van der Waals surface area contributed by atoms with E-state index >= 15 is 0 Å². The summed E-state index contributed by atoms with van der Waals surface area (Å²) in [5.41, 5.74) is 2.22. The van der Waals surface area contributed by atoms with E-state index in [-0.39, 0.29) is 23.2 Å². The van der Waals surface area contributed by atoms with Crippen molar-refractivity contribution in [2.45, 2.75) is 20.3 Å². The van der Waals surface area contributed by atoms with E-state index in [0.29, 0.717) is 34.6 Å². The van der Waals surface area contributed by atoms with Crippen molar-refractivity contribution in [1.82, 2.24) is 0 Å². The van der Waals surface area contributed by atoms with Crippen molar-refractivity contribution < 1.29 is 28.3 Å². The third-order valence-corrected chi connectivity index (χ3v) is 4.53. The summed E-state index contributed by atoms with van der Waals surface area (Å²) in [6, 6.07) is 16.2. The van der Waals surface area contributed by atoms with Crippen LogP contribution in [0.25, 0.3) is 11.3 Å². The number of nitrogens with one attached hydrogen (secondary N) is 1. The second kappa shape index (κ2) is 9.67. The zero-order valence-corrected chi connectivity index (χ0v) is 17.1. The van der Waals surface area contributed by atoms with Gasteiger partial charge in [-0.3, -0.25) is 14.4 Å². The van der Waals surface area contributed by atoms with E-state index in [9.17, 15) is 19.2 Å². The molecule has 0 aliphatic heterocycles. The lowest BCUT2D eigenvalue weighted by atomic mass is 10.1. The van der Waals surface area contributed by atoms with Gasteiger partial charge in [-0.25, -0.2) is 4.79 Å². The van der Waals surface area contributed by atoms with Crippen molar-refractivity contribution in [1.29, 1.82) is 0 Å². The van der Waals surface area contributed by atoms with Gasteiger partial charge in [0.2, 0.25) is 11.7 Å². The standard InChI is InChI=1S/C24H21NO6/c1-3-23(28)25-19-10-8-17(9-11-19)20(27)14-30-24(29)22-13-12-21(31-22)18-6-4-16(5-7-18)15(2)26/h4-13H,3,14H2,1-2H3,(H,25,28). The molecule has 1 heterocycles. The van der Waals surface area contributed by atoms with Gasteiger partial charge >= 0.3 is 5.97 Å². The predicted molar refractivity (Wildman–Crippen MR) is 114 cm³/mol. The van der Waals surface area contributed by atoms with Gasteiger partial charge in [0.1, 0.15) is 5.76 Å². The van der Waals surface area contributed by atoms with Crippen LogP contribution in [0, 0.1) is 0 Å². The lowest BCUT2D eigenvalue weighted by molar-refractivity contribution is -0.115. The highest BCUT2D eigenvalue weighted by Gasteiger charge is 2.16. The molecule has 3 rings (SSSR count). The van der Waals surface area contributed by atoms with Gasteiger partial charge in [0.25, 0.3) is 0 Å². The molecule has 0 unspecified atom stereocenters. The molecule has 0 aliphatic carbocycles. The lowest BCUT2D eigenvalue weighted by Gasteiger charge is -2.06. The fourth-order valence-corrected chi connectivity index (χ4v) is 2.75. The normalized spacial score (nSPS) is 10.4. The molecule has 7 nitrogen and oxygen atoms in total. The average molecular weight is 419 g/mol. The summed E-state index contributed by atoms with van der Waals surface area (Å²) in [4.78, 5) is 47.2. The fourth-order valence-electron chi connectivity index (χ4n) is 2.75. The summed E-state index contributed by atoms with van der Waals surface area (Å²) in [6.07, 6.45) is 0.356. The zero-order valence-electron chi connectivity index (χ0n) is 17.1. The van der Waals surface area contributed by atoms with Crippen LogP contribution in [-0.4, -0.2) is 30.0 Å². The van der Waals surface area contributed by atoms with Gasteiger partial charge in [0, 0.05) is 28.8 Å². The first-order valence-electron chi connectivity index (χ1n) is 9.69. The maximum Gasteiger partial charge on any atom is 0.374 e. The van der Waals surface area contributed by atoms with Crippen molar-refractivity contribution in [2.75, 3.05) is 11.9 Å². The molecule has 1 amide bonds. The molecule has 0 atom stereocenters. The van der Waals surface area contributed by atoms with Crippen molar-refractivity contribution >= 4 is 29.1 Å². The zero-order chi connectivity index (χ0) is 22.4. The number of benzene rings is 2. The maximum absolute atomic E-state index is 12.3. The molecule has 31 heavy (non-hydrogen) atoms. The number of furan rings is 1. The van der Waals surface area contributed by atoms with E-state index in [2.05, 4.69) is 5.32 Å². The molecule has 0 bridgehead atoms. The molecule has 158 valence electrons. The molecule has 0 radical (unpaired) electrons. The SMILES string of the molecule is CCC(=O)Nc1ccc(C(=O)COC(=O)c2ccc(-c3ccc(C(C)=O)cc3)o2)cc1. The van der Waals surface area contributed by atoms with Crippen LogP contribution in [0.5, 0.6) is 0 Å². The number of carbonyl (C=O) groups excluding carboxylic acids is 4. The first-order chi connectivity index (χ1) is 14.9. The van der Waals surface area contributed by atoms with Crippen LogP contribution in [-0.2, 0) is 9.53 Å². The van der Waals surface area contributed by atoms with Gasteiger partial charge in [-0.1, -0.05) is 31.2 Å². The minimum atomic E-state index is -0.758. The number of carbonyl (C=O) groups is 4. The van der Waals surface area contributed by atoms with Gasteiger partial charge in [0.15, 0.2) is 18.2 Å². The van der Waals surface area contributed by atoms with Gasteiger partial charge in [-0.05, 0) is 43.3 Å². The number of ketones is 2. The second-order valence-electron chi connectivity index (χ2n) is 6.78. The van der Waals surface area contributed by atoms with Crippen LogP contribution in [0.3, 0.4) is 0 Å². The molecule has 0 saturated carbocycles. The Morgan fingerprint density at radius 3 is 2.13 bits per heavy atom. The molecule has 1 aromatic heterocycles. The number of rotatable bonds is 8. The second-order valence-corrected chi connectivity index (χ2v) is 6.78. The number of hydrogen-bond acceptors (Lipinski definition) is 6. The summed E-state index contributed by atoms with van der Waals surface area (Å²) in [5.74, 6) is -0.893. The summed E-state index contributed by atoms with van der Waals surface area (Å²) in [6.45, 7) is 2.78. The van der Waals surface area contributed by atoms with Gasteiger partial charge < -0.3 is 14.5 Å². The van der Waals surface area contributed by atoms with E-state index < -0.39 is 12.6 Å². The maximum atomic E-state index is 12.3. The molecule has 3 aromatic rings. The smallest absolute Gasteiger partial charge is 0.374 e. The third-order valence-electron chi connectivity index (χ3n) is 4.53. The average Bonchev–Trinajstić information content (AvgIpc) is 3.28. The lowest BCUT2D eigenvalue weighted by Crippen LogP contribution is -2.14. The van der Waals surface area contributed by atoms with Crippen LogP contribution in [0.1, 0.15) is 51.5 Å². The molecule has 2 aromatic carbocycles. The number of Topliss-reactive ketones (excluding diaryl/α,β-unsaturated/α-hetero) is 2. The third kappa shape index (κ3) is 5.54. The minimum Gasteiger partial charge on any atom is -0.451 e. The van der Waals surface area contributed by atoms with Crippen LogP contribution >= 0.6 is 0 Å². The molecule has 1 N–H and O–H groups in total. The van der Waals surface area contributed by atoms with Crippen LogP contribution in [0.4, 0.5) is 5.69 Å². The van der Waals surface area contributed by atoms with E-state index in [1.807, 2.05) is 0 Å². The Bertz CT molecular complexity index is 1110. The van der Waals surface area contributed by atoms with Gasteiger partial charge in [-0.15, -0.1) is 0 Å². The summed E-state index contributed by atoms with van der Waals surface area (Å²) >= 11 is 0. The fraction of sp³-hybridized carbons (Fsp3) is 0.167. The Labute approximate surface area is 179 Å². The van der Waals surface area contributed by atoms with Crippen molar-refractivity contribution in [3.63, 3.8) is 0 Å². The minimum absolute atomic E-state index is 0.0314. The highest BCUT2D eigenvalue weighted by Crippen LogP contribution is 2.23. The van der Waals surface area contributed by atoms with E-state index in [4.69, 9.17) is 9.15 Å².